The number of aliphatic hydroxyl groups excluding tert-OH is 1. The van der Waals surface area contributed by atoms with Crippen LogP contribution in [0, 0.1) is 0 Å². The van der Waals surface area contributed by atoms with E-state index in [1.807, 2.05) is 0 Å². The molecule has 0 saturated heterocycles. The summed E-state index contributed by atoms with van der Waals surface area (Å²) in [6.45, 7) is 0.123. The number of hydrogen-bond acceptors (Lipinski definition) is 5. The lowest BCUT2D eigenvalue weighted by Gasteiger charge is -2.14. The zero-order valence-electron chi connectivity index (χ0n) is 11.4. The standard InChI is InChI=1S/C14H14F3N3O2/c15-14(16,17)10-1-3-12(4-2-10)22-9-11(21)7-20-13-8-18-5-6-19-13/h1-6,8,11,21H,7,9H2,(H,19,20). The topological polar surface area (TPSA) is 67.3 Å². The molecule has 22 heavy (non-hydrogen) atoms. The van der Waals surface area contributed by atoms with Gasteiger partial charge in [-0.1, -0.05) is 0 Å². The molecule has 0 fully saturated rings. The number of ether oxygens (including phenoxy) is 1. The Morgan fingerprint density at radius 3 is 2.50 bits per heavy atom. The van der Waals surface area contributed by atoms with Crippen molar-refractivity contribution >= 4 is 5.82 Å². The van der Waals surface area contributed by atoms with Gasteiger partial charge in [0.2, 0.25) is 0 Å². The highest BCUT2D eigenvalue weighted by Gasteiger charge is 2.30. The van der Waals surface area contributed by atoms with Crippen molar-refractivity contribution in [1.82, 2.24) is 9.97 Å². The molecule has 0 spiro atoms. The molecule has 2 aromatic rings. The van der Waals surface area contributed by atoms with Gasteiger partial charge in [-0.15, -0.1) is 0 Å². The fourth-order valence-corrected chi connectivity index (χ4v) is 1.60. The summed E-state index contributed by atoms with van der Waals surface area (Å²) in [5.74, 6) is 0.766. The Balaban J connectivity index is 1.77. The van der Waals surface area contributed by atoms with Crippen molar-refractivity contribution in [2.45, 2.75) is 12.3 Å². The van der Waals surface area contributed by atoms with E-state index in [9.17, 15) is 18.3 Å². The Kier molecular flexibility index (Phi) is 5.16. The minimum atomic E-state index is -4.38. The molecule has 2 N–H and O–H groups in total. The third-order valence-electron chi connectivity index (χ3n) is 2.71. The first-order valence-corrected chi connectivity index (χ1v) is 6.43. The monoisotopic (exact) mass is 313 g/mol. The smallest absolute Gasteiger partial charge is 0.416 e. The van der Waals surface area contributed by atoms with E-state index >= 15 is 0 Å². The number of alkyl halides is 3. The van der Waals surface area contributed by atoms with Crippen molar-refractivity contribution in [3.63, 3.8) is 0 Å². The van der Waals surface area contributed by atoms with E-state index in [-0.39, 0.29) is 18.9 Å². The average Bonchev–Trinajstić information content (AvgIpc) is 2.51. The Hall–Kier alpha value is -2.35. The van der Waals surface area contributed by atoms with Crippen molar-refractivity contribution in [1.29, 1.82) is 0 Å². The Labute approximate surface area is 124 Å². The van der Waals surface area contributed by atoms with Crippen LogP contribution in [-0.4, -0.2) is 34.3 Å². The molecule has 118 valence electrons. The van der Waals surface area contributed by atoms with Gasteiger partial charge in [0.25, 0.3) is 0 Å². The maximum atomic E-state index is 12.4. The van der Waals surface area contributed by atoms with Crippen LogP contribution in [0.2, 0.25) is 0 Å². The van der Waals surface area contributed by atoms with Crippen LogP contribution >= 0.6 is 0 Å². The van der Waals surface area contributed by atoms with Crippen LogP contribution in [0.4, 0.5) is 19.0 Å². The second-order valence-corrected chi connectivity index (χ2v) is 4.46. The lowest BCUT2D eigenvalue weighted by atomic mass is 10.2. The van der Waals surface area contributed by atoms with Gasteiger partial charge in [-0.2, -0.15) is 13.2 Å². The minimum Gasteiger partial charge on any atom is -0.491 e. The third kappa shape index (κ3) is 4.88. The predicted octanol–water partition coefficient (Wildman–Crippen LogP) is 2.35. The molecule has 0 bridgehead atoms. The summed E-state index contributed by atoms with van der Waals surface area (Å²) in [6.07, 6.45) is -0.686. The lowest BCUT2D eigenvalue weighted by Crippen LogP contribution is -2.26. The van der Waals surface area contributed by atoms with Gasteiger partial charge in [0.1, 0.15) is 24.3 Å². The molecular weight excluding hydrogens is 299 g/mol. The summed E-state index contributed by atoms with van der Waals surface area (Å²) in [5.41, 5.74) is -0.746. The summed E-state index contributed by atoms with van der Waals surface area (Å²) < 4.78 is 42.4. The van der Waals surface area contributed by atoms with Crippen LogP contribution < -0.4 is 10.1 Å². The first kappa shape index (κ1) is 16.0. The summed E-state index contributed by atoms with van der Waals surface area (Å²) in [5, 5.41) is 12.6. The SMILES string of the molecule is OC(CNc1cnccn1)COc1ccc(C(F)(F)F)cc1. The van der Waals surface area contributed by atoms with Crippen molar-refractivity contribution in [3.05, 3.63) is 48.4 Å². The molecule has 5 nitrogen and oxygen atoms in total. The summed E-state index contributed by atoms with van der Waals surface area (Å²) in [6, 6.07) is 4.29. The molecule has 0 aliphatic heterocycles. The minimum absolute atomic E-state index is 0.0569. The van der Waals surface area contributed by atoms with Crippen LogP contribution in [0.25, 0.3) is 0 Å². The molecule has 0 aliphatic carbocycles. The number of benzene rings is 1. The summed E-state index contributed by atoms with van der Waals surface area (Å²) in [7, 11) is 0. The first-order chi connectivity index (χ1) is 10.4. The highest BCUT2D eigenvalue weighted by Crippen LogP contribution is 2.30. The van der Waals surface area contributed by atoms with Crippen LogP contribution in [-0.2, 0) is 6.18 Å². The van der Waals surface area contributed by atoms with Gasteiger partial charge in [0.05, 0.1) is 11.8 Å². The molecule has 1 unspecified atom stereocenters. The van der Waals surface area contributed by atoms with Crippen LogP contribution in [0.3, 0.4) is 0 Å². The van der Waals surface area contributed by atoms with Gasteiger partial charge in [-0.3, -0.25) is 4.98 Å². The number of rotatable bonds is 6. The molecule has 0 aliphatic rings. The molecular formula is C14H14F3N3O2. The average molecular weight is 313 g/mol. The van der Waals surface area contributed by atoms with Crippen molar-refractivity contribution in [3.8, 4) is 5.75 Å². The second-order valence-electron chi connectivity index (χ2n) is 4.46. The van der Waals surface area contributed by atoms with E-state index < -0.39 is 17.8 Å². The Morgan fingerprint density at radius 1 is 1.18 bits per heavy atom. The molecule has 0 amide bonds. The predicted molar refractivity (Wildman–Crippen MR) is 73.5 cm³/mol. The number of nitrogens with one attached hydrogen (secondary N) is 1. The fraction of sp³-hybridized carbons (Fsp3) is 0.286. The van der Waals surface area contributed by atoms with Crippen LogP contribution in [0.15, 0.2) is 42.9 Å². The normalized spacial score (nSPS) is 12.7. The zero-order chi connectivity index (χ0) is 16.0. The highest BCUT2D eigenvalue weighted by atomic mass is 19.4. The molecule has 1 aromatic carbocycles. The number of anilines is 1. The van der Waals surface area contributed by atoms with E-state index in [1.54, 1.807) is 0 Å². The van der Waals surface area contributed by atoms with E-state index in [4.69, 9.17) is 4.74 Å². The molecule has 1 heterocycles. The van der Waals surface area contributed by atoms with Gasteiger partial charge in [-0.05, 0) is 24.3 Å². The quantitative estimate of drug-likeness (QED) is 0.857. The molecule has 0 saturated carbocycles. The van der Waals surface area contributed by atoms with Gasteiger partial charge in [-0.25, -0.2) is 4.98 Å². The van der Waals surface area contributed by atoms with Crippen LogP contribution in [0.1, 0.15) is 5.56 Å². The summed E-state index contributed by atoms with van der Waals surface area (Å²) >= 11 is 0. The zero-order valence-corrected chi connectivity index (χ0v) is 11.4. The van der Waals surface area contributed by atoms with Crippen LogP contribution in [0.5, 0.6) is 5.75 Å². The van der Waals surface area contributed by atoms with E-state index in [1.165, 1.54) is 30.7 Å². The number of hydrogen-bond donors (Lipinski definition) is 2. The number of aromatic nitrogens is 2. The Bertz CT molecular complexity index is 576. The van der Waals surface area contributed by atoms with Gasteiger partial charge in [0.15, 0.2) is 0 Å². The largest absolute Gasteiger partial charge is 0.491 e. The molecule has 0 radical (unpaired) electrons. The number of nitrogens with zero attached hydrogens (tertiary/aromatic N) is 2. The lowest BCUT2D eigenvalue weighted by molar-refractivity contribution is -0.137. The fourth-order valence-electron chi connectivity index (χ4n) is 1.60. The number of aliphatic hydroxyl groups is 1. The van der Waals surface area contributed by atoms with Crippen molar-refractivity contribution in [2.24, 2.45) is 0 Å². The van der Waals surface area contributed by atoms with E-state index in [0.29, 0.717) is 5.82 Å². The first-order valence-electron chi connectivity index (χ1n) is 6.43. The maximum Gasteiger partial charge on any atom is 0.416 e. The molecule has 1 atom stereocenters. The van der Waals surface area contributed by atoms with Gasteiger partial charge >= 0.3 is 6.18 Å². The van der Waals surface area contributed by atoms with E-state index in [2.05, 4.69) is 15.3 Å². The maximum absolute atomic E-state index is 12.4. The summed E-state index contributed by atoms with van der Waals surface area (Å²) in [4.78, 5) is 7.82. The number of halogens is 3. The van der Waals surface area contributed by atoms with E-state index in [0.717, 1.165) is 12.1 Å². The van der Waals surface area contributed by atoms with Crippen molar-refractivity contribution < 1.29 is 23.0 Å². The van der Waals surface area contributed by atoms with Gasteiger partial charge < -0.3 is 15.2 Å². The second kappa shape index (κ2) is 7.08. The van der Waals surface area contributed by atoms with Crippen molar-refractivity contribution in [2.75, 3.05) is 18.5 Å². The molecule has 8 heteroatoms. The third-order valence-corrected chi connectivity index (χ3v) is 2.71. The van der Waals surface area contributed by atoms with Gasteiger partial charge in [0, 0.05) is 18.9 Å². The molecule has 2 rings (SSSR count). The Morgan fingerprint density at radius 2 is 1.91 bits per heavy atom. The highest BCUT2D eigenvalue weighted by molar-refractivity contribution is 5.30. The molecule has 1 aromatic heterocycles.